The number of nitriles is 1. The van der Waals surface area contributed by atoms with Crippen molar-refractivity contribution < 1.29 is 8.42 Å². The van der Waals surface area contributed by atoms with Crippen LogP contribution in [0.3, 0.4) is 0 Å². The minimum absolute atomic E-state index is 0.00970. The highest BCUT2D eigenvalue weighted by atomic mass is 32.2. The highest BCUT2D eigenvalue weighted by Crippen LogP contribution is 2.49. The third kappa shape index (κ3) is 2.61. The second-order valence-electron chi connectivity index (χ2n) is 6.10. The molecular weight excluding hydrogens is 306 g/mol. The summed E-state index contributed by atoms with van der Waals surface area (Å²) in [5.74, 6) is 0.266. The molecule has 1 unspecified atom stereocenters. The van der Waals surface area contributed by atoms with Crippen molar-refractivity contribution in [3.05, 3.63) is 21.9 Å². The van der Waals surface area contributed by atoms with E-state index < -0.39 is 10.0 Å². The van der Waals surface area contributed by atoms with Gasteiger partial charge in [-0.25, -0.2) is 8.42 Å². The quantitative estimate of drug-likeness (QED) is 0.912. The molecule has 3 rings (SSSR count). The van der Waals surface area contributed by atoms with Crippen LogP contribution >= 0.6 is 11.3 Å². The van der Waals surface area contributed by atoms with Gasteiger partial charge in [-0.05, 0) is 55.2 Å². The Morgan fingerprint density at radius 2 is 2.29 bits per heavy atom. The third-order valence-electron chi connectivity index (χ3n) is 4.69. The first kappa shape index (κ1) is 15.0. The van der Waals surface area contributed by atoms with Crippen molar-refractivity contribution in [2.75, 3.05) is 13.1 Å². The van der Waals surface area contributed by atoms with Gasteiger partial charge in [0.05, 0.1) is 5.75 Å². The third-order valence-corrected chi connectivity index (χ3v) is 7.48. The lowest BCUT2D eigenvalue weighted by molar-refractivity contribution is 0.127. The molecule has 2 aliphatic rings. The zero-order valence-electron chi connectivity index (χ0n) is 11.8. The Kier molecular flexibility index (Phi) is 3.82. The molecule has 1 aromatic heterocycles. The fourth-order valence-electron chi connectivity index (χ4n) is 3.54. The molecule has 1 saturated carbocycles. The van der Waals surface area contributed by atoms with Gasteiger partial charge in [0, 0.05) is 12.1 Å². The molecule has 2 N–H and O–H groups in total. The summed E-state index contributed by atoms with van der Waals surface area (Å²) in [5.41, 5.74) is 6.30. The number of nitrogens with zero attached hydrogens (tertiary/aromatic N) is 2. The summed E-state index contributed by atoms with van der Waals surface area (Å²) in [6, 6.07) is 3.72. The average molecular weight is 325 g/mol. The largest absolute Gasteiger partial charge is 0.330 e. The lowest BCUT2D eigenvalue weighted by atomic mass is 9.74. The van der Waals surface area contributed by atoms with Crippen LogP contribution in [-0.2, 0) is 15.8 Å². The van der Waals surface area contributed by atoms with E-state index in [0.717, 1.165) is 25.7 Å². The van der Waals surface area contributed by atoms with E-state index in [0.29, 0.717) is 23.5 Å². The fraction of sp³-hybridized carbons (Fsp3) is 0.643. The van der Waals surface area contributed by atoms with Gasteiger partial charge in [-0.3, -0.25) is 0 Å². The molecule has 1 spiro atoms. The van der Waals surface area contributed by atoms with Crippen molar-refractivity contribution in [3.8, 4) is 6.07 Å². The molecule has 2 heterocycles. The summed E-state index contributed by atoms with van der Waals surface area (Å²) < 4.78 is 27.3. The average Bonchev–Trinajstić information content (AvgIpc) is 3.01. The maximum Gasteiger partial charge on any atom is 0.218 e. The maximum atomic E-state index is 12.8. The smallest absolute Gasteiger partial charge is 0.218 e. The van der Waals surface area contributed by atoms with Crippen molar-refractivity contribution >= 4 is 21.4 Å². The van der Waals surface area contributed by atoms with E-state index >= 15 is 0 Å². The van der Waals surface area contributed by atoms with E-state index in [4.69, 9.17) is 11.0 Å². The normalized spacial score (nSPS) is 24.9. The molecule has 114 valence electrons. The molecule has 1 atom stereocenters. The molecular formula is C14H19N3O2S2. The Hall–Kier alpha value is -0.940. The molecule has 21 heavy (non-hydrogen) atoms. The van der Waals surface area contributed by atoms with Crippen LogP contribution in [0.4, 0.5) is 0 Å². The van der Waals surface area contributed by atoms with Crippen LogP contribution in [0.5, 0.6) is 0 Å². The highest BCUT2D eigenvalue weighted by Gasteiger charge is 2.53. The lowest BCUT2D eigenvalue weighted by Crippen LogP contribution is -2.52. The zero-order valence-corrected chi connectivity index (χ0v) is 13.4. The summed E-state index contributed by atoms with van der Waals surface area (Å²) in [4.78, 5) is 0.555. The highest BCUT2D eigenvalue weighted by molar-refractivity contribution is 7.88. The fourth-order valence-corrected chi connectivity index (χ4v) is 6.37. The van der Waals surface area contributed by atoms with Gasteiger partial charge in [-0.1, -0.05) is 0 Å². The van der Waals surface area contributed by atoms with Gasteiger partial charge in [0.25, 0.3) is 0 Å². The summed E-state index contributed by atoms with van der Waals surface area (Å²) in [6.45, 7) is 1.10. The molecule has 0 amide bonds. The first-order valence-electron chi connectivity index (χ1n) is 7.17. The Bertz CT molecular complexity index is 671. The molecule has 1 aliphatic heterocycles. The number of rotatable bonds is 4. The number of thiophene rings is 1. The lowest BCUT2D eigenvalue weighted by Gasteiger charge is -2.44. The number of sulfonamides is 1. The first-order chi connectivity index (χ1) is 9.99. The van der Waals surface area contributed by atoms with Crippen molar-refractivity contribution in [3.63, 3.8) is 0 Å². The van der Waals surface area contributed by atoms with Crippen LogP contribution in [0.15, 0.2) is 11.4 Å². The zero-order chi connectivity index (χ0) is 15.1. The van der Waals surface area contributed by atoms with E-state index in [1.165, 1.54) is 11.3 Å². The van der Waals surface area contributed by atoms with Crippen molar-refractivity contribution in [1.29, 1.82) is 5.26 Å². The van der Waals surface area contributed by atoms with E-state index in [-0.39, 0.29) is 17.2 Å². The number of nitrogens with two attached hydrogens (primary N) is 1. The van der Waals surface area contributed by atoms with Gasteiger partial charge >= 0.3 is 0 Å². The maximum absolute atomic E-state index is 12.8. The Balaban J connectivity index is 1.82. The standard InChI is InChI=1S/C14H19N3O2S2/c15-6-12-5-14(2-1-3-14)17(8-12)21(18,19)10-11-4-13(7-16)20-9-11/h4,9,12H,1-3,5-6,8,10,15H2. The molecule has 0 bridgehead atoms. The van der Waals surface area contributed by atoms with Gasteiger partial charge in [0.1, 0.15) is 10.9 Å². The SMILES string of the molecule is N#Cc1cc(CS(=O)(=O)N2CC(CN)CC23CCC3)cs1. The van der Waals surface area contributed by atoms with Crippen LogP contribution in [0.1, 0.15) is 36.1 Å². The molecule has 1 aromatic rings. The van der Waals surface area contributed by atoms with Crippen LogP contribution in [0.25, 0.3) is 0 Å². The van der Waals surface area contributed by atoms with Crippen LogP contribution in [0.2, 0.25) is 0 Å². The molecule has 1 saturated heterocycles. The van der Waals surface area contributed by atoms with Crippen molar-refractivity contribution in [2.24, 2.45) is 11.7 Å². The van der Waals surface area contributed by atoms with Gasteiger partial charge in [-0.15, -0.1) is 11.3 Å². The monoisotopic (exact) mass is 325 g/mol. The molecule has 2 fully saturated rings. The van der Waals surface area contributed by atoms with Crippen LogP contribution < -0.4 is 5.73 Å². The van der Waals surface area contributed by atoms with Gasteiger partial charge in [0.2, 0.25) is 10.0 Å². The predicted octanol–water partition coefficient (Wildman–Crippen LogP) is 1.65. The van der Waals surface area contributed by atoms with Crippen LogP contribution in [0, 0.1) is 17.2 Å². The van der Waals surface area contributed by atoms with Crippen LogP contribution in [-0.4, -0.2) is 31.4 Å². The Labute approximate surface area is 129 Å². The topological polar surface area (TPSA) is 87.2 Å². The van der Waals surface area contributed by atoms with Crippen molar-refractivity contribution in [1.82, 2.24) is 4.31 Å². The Morgan fingerprint density at radius 1 is 1.52 bits per heavy atom. The van der Waals surface area contributed by atoms with E-state index in [9.17, 15) is 8.42 Å². The second-order valence-corrected chi connectivity index (χ2v) is 8.91. The second kappa shape index (κ2) is 5.36. The summed E-state index contributed by atoms with van der Waals surface area (Å²) in [5, 5.41) is 10.6. The van der Waals surface area contributed by atoms with Gasteiger partial charge in [-0.2, -0.15) is 9.57 Å². The van der Waals surface area contributed by atoms with E-state index in [2.05, 4.69) is 6.07 Å². The predicted molar refractivity (Wildman–Crippen MR) is 82.1 cm³/mol. The van der Waals surface area contributed by atoms with Gasteiger partial charge < -0.3 is 5.73 Å². The minimum atomic E-state index is -3.34. The first-order valence-corrected chi connectivity index (χ1v) is 9.66. The summed E-state index contributed by atoms with van der Waals surface area (Å²) >= 11 is 1.29. The molecule has 0 aromatic carbocycles. The Morgan fingerprint density at radius 3 is 2.81 bits per heavy atom. The van der Waals surface area contributed by atoms with Gasteiger partial charge in [0.15, 0.2) is 0 Å². The molecule has 7 heteroatoms. The summed E-state index contributed by atoms with van der Waals surface area (Å²) in [7, 11) is -3.34. The van der Waals surface area contributed by atoms with E-state index in [1.54, 1.807) is 15.8 Å². The molecule has 1 aliphatic carbocycles. The minimum Gasteiger partial charge on any atom is -0.330 e. The summed E-state index contributed by atoms with van der Waals surface area (Å²) in [6.07, 6.45) is 3.90. The number of hydrogen-bond donors (Lipinski definition) is 1. The van der Waals surface area contributed by atoms with E-state index in [1.807, 2.05) is 0 Å². The number of hydrogen-bond acceptors (Lipinski definition) is 5. The van der Waals surface area contributed by atoms with Crippen molar-refractivity contribution in [2.45, 2.75) is 37.0 Å². The molecule has 0 radical (unpaired) electrons. The molecule has 5 nitrogen and oxygen atoms in total.